The second-order valence-electron chi connectivity index (χ2n) is 4.57. The van der Waals surface area contributed by atoms with Gasteiger partial charge in [-0.3, -0.25) is 4.79 Å². The summed E-state index contributed by atoms with van der Waals surface area (Å²) in [6.07, 6.45) is 0.541. The van der Waals surface area contributed by atoms with Crippen LogP contribution in [0.3, 0.4) is 0 Å². The normalized spacial score (nSPS) is 15.1. The first-order valence-electron chi connectivity index (χ1n) is 5.40. The van der Waals surface area contributed by atoms with Crippen molar-refractivity contribution < 1.29 is 9.90 Å². The zero-order chi connectivity index (χ0) is 12.3. The van der Waals surface area contributed by atoms with E-state index in [0.717, 1.165) is 5.82 Å². The summed E-state index contributed by atoms with van der Waals surface area (Å²) in [7, 11) is 0. The molecule has 0 spiro atoms. The van der Waals surface area contributed by atoms with Gasteiger partial charge in [0.15, 0.2) is 5.82 Å². The van der Waals surface area contributed by atoms with Crippen LogP contribution in [0.25, 0.3) is 0 Å². The monoisotopic (exact) mass is 226 g/mol. The van der Waals surface area contributed by atoms with Gasteiger partial charge in [0.1, 0.15) is 0 Å². The molecule has 1 N–H and O–H groups in total. The molecule has 0 aromatic carbocycles. The molecule has 90 valence electrons. The summed E-state index contributed by atoms with van der Waals surface area (Å²) < 4.78 is 1.59. The Hall–Kier alpha value is -1.46. The average molecular weight is 226 g/mol. The molecule has 1 rings (SSSR count). The highest BCUT2D eigenvalue weighted by molar-refractivity contribution is 5.73. The highest BCUT2D eigenvalue weighted by Crippen LogP contribution is 2.24. The van der Waals surface area contributed by atoms with Gasteiger partial charge in [-0.2, -0.15) is 0 Å². The SMILES string of the molecule is CCC(C)(Cn1nnnc1C(C)C)C(=O)O. The van der Waals surface area contributed by atoms with E-state index < -0.39 is 11.4 Å². The Balaban J connectivity index is 2.95. The average Bonchev–Trinajstić information content (AvgIpc) is 2.65. The lowest BCUT2D eigenvalue weighted by Gasteiger charge is -2.23. The number of hydrogen-bond donors (Lipinski definition) is 1. The molecule has 1 aromatic heterocycles. The van der Waals surface area contributed by atoms with E-state index in [2.05, 4.69) is 15.5 Å². The van der Waals surface area contributed by atoms with E-state index in [1.165, 1.54) is 0 Å². The second-order valence-corrected chi connectivity index (χ2v) is 4.57. The van der Waals surface area contributed by atoms with Crippen molar-refractivity contribution in [2.24, 2.45) is 5.41 Å². The number of nitrogens with zero attached hydrogens (tertiary/aromatic N) is 4. The van der Waals surface area contributed by atoms with Gasteiger partial charge >= 0.3 is 5.97 Å². The van der Waals surface area contributed by atoms with Gasteiger partial charge in [-0.05, 0) is 23.8 Å². The molecule has 6 heteroatoms. The van der Waals surface area contributed by atoms with E-state index in [9.17, 15) is 9.90 Å². The summed E-state index contributed by atoms with van der Waals surface area (Å²) >= 11 is 0. The summed E-state index contributed by atoms with van der Waals surface area (Å²) in [5.41, 5.74) is -0.820. The van der Waals surface area contributed by atoms with Crippen LogP contribution in [0.2, 0.25) is 0 Å². The van der Waals surface area contributed by atoms with E-state index in [1.54, 1.807) is 11.6 Å². The molecule has 0 bridgehead atoms. The van der Waals surface area contributed by atoms with Crippen molar-refractivity contribution >= 4 is 5.97 Å². The summed E-state index contributed by atoms with van der Waals surface area (Å²) in [6.45, 7) is 7.83. The van der Waals surface area contributed by atoms with Gasteiger partial charge in [0.05, 0.1) is 12.0 Å². The molecule has 0 saturated heterocycles. The van der Waals surface area contributed by atoms with Gasteiger partial charge in [-0.25, -0.2) is 4.68 Å². The van der Waals surface area contributed by atoms with E-state index in [4.69, 9.17) is 0 Å². The molecule has 1 aromatic rings. The fourth-order valence-electron chi connectivity index (χ4n) is 1.40. The quantitative estimate of drug-likeness (QED) is 0.818. The molecule has 1 heterocycles. The second kappa shape index (κ2) is 4.59. The molecule has 0 aliphatic carbocycles. The number of carboxylic acid groups (broad SMARTS) is 1. The largest absolute Gasteiger partial charge is 0.481 e. The number of carbonyl (C=O) groups is 1. The third-order valence-corrected chi connectivity index (χ3v) is 2.87. The van der Waals surface area contributed by atoms with Crippen molar-refractivity contribution in [2.75, 3.05) is 0 Å². The standard InChI is InChI=1S/C10H18N4O2/c1-5-10(4,9(15)16)6-14-8(7(2)3)11-12-13-14/h7H,5-6H2,1-4H3,(H,15,16). The predicted molar refractivity (Wildman–Crippen MR) is 57.9 cm³/mol. The number of tetrazole rings is 1. The number of carboxylic acids is 1. The molecule has 16 heavy (non-hydrogen) atoms. The topological polar surface area (TPSA) is 80.9 Å². The van der Waals surface area contributed by atoms with Crippen molar-refractivity contribution in [1.82, 2.24) is 20.2 Å². The van der Waals surface area contributed by atoms with E-state index in [-0.39, 0.29) is 5.92 Å². The first-order chi connectivity index (χ1) is 7.40. The number of aliphatic carboxylic acids is 1. The third kappa shape index (κ3) is 2.37. The summed E-state index contributed by atoms with van der Waals surface area (Å²) in [5, 5.41) is 20.5. The smallest absolute Gasteiger partial charge is 0.311 e. The first-order valence-corrected chi connectivity index (χ1v) is 5.40. The number of hydrogen-bond acceptors (Lipinski definition) is 4. The molecule has 0 saturated carbocycles. The highest BCUT2D eigenvalue weighted by atomic mass is 16.4. The third-order valence-electron chi connectivity index (χ3n) is 2.87. The Labute approximate surface area is 94.7 Å². The van der Waals surface area contributed by atoms with Gasteiger partial charge in [0.25, 0.3) is 0 Å². The highest BCUT2D eigenvalue weighted by Gasteiger charge is 2.33. The lowest BCUT2D eigenvalue weighted by molar-refractivity contribution is -0.149. The molecule has 0 aliphatic heterocycles. The molecule has 1 unspecified atom stereocenters. The first kappa shape index (κ1) is 12.6. The van der Waals surface area contributed by atoms with Crippen LogP contribution < -0.4 is 0 Å². The molecule has 0 amide bonds. The lowest BCUT2D eigenvalue weighted by atomic mass is 9.87. The zero-order valence-corrected chi connectivity index (χ0v) is 10.1. The molecular weight excluding hydrogens is 208 g/mol. The summed E-state index contributed by atoms with van der Waals surface area (Å²) in [4.78, 5) is 11.2. The van der Waals surface area contributed by atoms with Gasteiger partial charge in [-0.1, -0.05) is 20.8 Å². The van der Waals surface area contributed by atoms with Crippen LogP contribution in [0.15, 0.2) is 0 Å². The zero-order valence-electron chi connectivity index (χ0n) is 10.1. The molecular formula is C10H18N4O2. The molecule has 6 nitrogen and oxygen atoms in total. The van der Waals surface area contributed by atoms with Crippen molar-refractivity contribution in [3.8, 4) is 0 Å². The Morgan fingerprint density at radius 3 is 2.62 bits per heavy atom. The lowest BCUT2D eigenvalue weighted by Crippen LogP contribution is -2.33. The van der Waals surface area contributed by atoms with Crippen LogP contribution in [0.5, 0.6) is 0 Å². The molecule has 0 radical (unpaired) electrons. The Morgan fingerprint density at radius 1 is 1.56 bits per heavy atom. The summed E-state index contributed by atoms with van der Waals surface area (Å²) in [6, 6.07) is 0. The van der Waals surface area contributed by atoms with Gasteiger partial charge < -0.3 is 5.11 Å². The van der Waals surface area contributed by atoms with E-state index in [1.807, 2.05) is 20.8 Å². The molecule has 0 aliphatic rings. The Morgan fingerprint density at radius 2 is 2.19 bits per heavy atom. The van der Waals surface area contributed by atoms with Crippen molar-refractivity contribution in [2.45, 2.75) is 46.6 Å². The van der Waals surface area contributed by atoms with E-state index in [0.29, 0.717) is 13.0 Å². The Kier molecular flexibility index (Phi) is 3.62. The van der Waals surface area contributed by atoms with Crippen molar-refractivity contribution in [3.63, 3.8) is 0 Å². The minimum atomic E-state index is -0.820. The minimum absolute atomic E-state index is 0.185. The van der Waals surface area contributed by atoms with Crippen LogP contribution >= 0.6 is 0 Å². The fourth-order valence-corrected chi connectivity index (χ4v) is 1.40. The number of aromatic nitrogens is 4. The fraction of sp³-hybridized carbons (Fsp3) is 0.800. The van der Waals surface area contributed by atoms with Crippen LogP contribution in [0.1, 0.15) is 45.9 Å². The Bertz CT molecular complexity index is 375. The maximum absolute atomic E-state index is 11.2. The van der Waals surface area contributed by atoms with Gasteiger partial charge in [0.2, 0.25) is 0 Å². The number of rotatable bonds is 5. The maximum atomic E-state index is 11.2. The predicted octanol–water partition coefficient (Wildman–Crippen LogP) is 1.30. The van der Waals surface area contributed by atoms with Crippen LogP contribution in [0, 0.1) is 5.41 Å². The van der Waals surface area contributed by atoms with E-state index >= 15 is 0 Å². The molecule has 1 atom stereocenters. The van der Waals surface area contributed by atoms with Gasteiger partial charge in [-0.15, -0.1) is 5.10 Å². The molecule has 0 fully saturated rings. The summed E-state index contributed by atoms with van der Waals surface area (Å²) in [5.74, 6) is 0.0889. The van der Waals surface area contributed by atoms with Crippen molar-refractivity contribution in [1.29, 1.82) is 0 Å². The minimum Gasteiger partial charge on any atom is -0.481 e. The van der Waals surface area contributed by atoms with Crippen LogP contribution in [0.4, 0.5) is 0 Å². The van der Waals surface area contributed by atoms with Crippen molar-refractivity contribution in [3.05, 3.63) is 5.82 Å². The van der Waals surface area contributed by atoms with Crippen LogP contribution in [-0.2, 0) is 11.3 Å². The van der Waals surface area contributed by atoms with Gasteiger partial charge in [0, 0.05) is 5.92 Å². The maximum Gasteiger partial charge on any atom is 0.311 e. The van der Waals surface area contributed by atoms with Crippen LogP contribution in [-0.4, -0.2) is 31.3 Å².